The van der Waals surface area contributed by atoms with Gasteiger partial charge in [0.2, 0.25) is 5.91 Å². The summed E-state index contributed by atoms with van der Waals surface area (Å²) in [5.41, 5.74) is 12.9. The van der Waals surface area contributed by atoms with Gasteiger partial charge in [0.05, 0.1) is 39.6 Å². The van der Waals surface area contributed by atoms with Crippen LogP contribution in [0.2, 0.25) is 0 Å². The van der Waals surface area contributed by atoms with Gasteiger partial charge in [-0.2, -0.15) is 10.2 Å². The number of carbonyl (C=O) groups is 2. The lowest BCUT2D eigenvalue weighted by molar-refractivity contribution is -0.126. The first-order chi connectivity index (χ1) is 19.4. The van der Waals surface area contributed by atoms with Crippen LogP contribution in [-0.2, 0) is 17.6 Å². The van der Waals surface area contributed by atoms with Crippen LogP contribution in [0, 0.1) is 0 Å². The van der Waals surface area contributed by atoms with Crippen LogP contribution < -0.4 is 5.73 Å². The highest BCUT2D eigenvalue weighted by Gasteiger charge is 2.40. The minimum absolute atomic E-state index is 0.141. The molecule has 0 radical (unpaired) electrons. The molecule has 1 saturated carbocycles. The number of benzene rings is 2. The number of hydrogen-bond acceptors (Lipinski definition) is 5. The minimum Gasteiger partial charge on any atom is -0.382 e. The zero-order valence-electron chi connectivity index (χ0n) is 22.1. The summed E-state index contributed by atoms with van der Waals surface area (Å²) in [7, 11) is 0. The topological polar surface area (TPSA) is 113 Å². The zero-order chi connectivity index (χ0) is 27.5. The molecular formula is C30H30BrN7O2. The Labute approximate surface area is 240 Å². The summed E-state index contributed by atoms with van der Waals surface area (Å²) in [5, 5.41) is 12.7. The van der Waals surface area contributed by atoms with Gasteiger partial charge in [-0.05, 0) is 70.6 Å². The first-order valence-corrected chi connectivity index (χ1v) is 14.6. The Morgan fingerprint density at radius 2 is 1.90 bits per heavy atom. The van der Waals surface area contributed by atoms with Crippen LogP contribution in [0.1, 0.15) is 64.1 Å². The smallest absolute Gasteiger partial charge is 0.255 e. The summed E-state index contributed by atoms with van der Waals surface area (Å²) < 4.78 is 2.84. The van der Waals surface area contributed by atoms with Gasteiger partial charge in [-0.1, -0.05) is 25.1 Å². The number of rotatable bonds is 4. The van der Waals surface area contributed by atoms with Crippen LogP contribution in [0.5, 0.6) is 0 Å². The third-order valence-corrected chi connectivity index (χ3v) is 9.46. The molecule has 2 aromatic heterocycles. The van der Waals surface area contributed by atoms with Crippen molar-refractivity contribution in [3.8, 4) is 5.69 Å². The van der Waals surface area contributed by atoms with E-state index in [4.69, 9.17) is 10.8 Å². The summed E-state index contributed by atoms with van der Waals surface area (Å²) >= 11 is 3.53. The number of amides is 2. The van der Waals surface area contributed by atoms with E-state index in [1.54, 1.807) is 11.0 Å². The Balaban J connectivity index is 1.31. The molecule has 4 heterocycles. The Kier molecular flexibility index (Phi) is 6.03. The number of aromatic amines is 1. The molecule has 3 aliphatic rings. The number of nitrogen functional groups attached to an aromatic ring is 1. The Morgan fingerprint density at radius 1 is 1.10 bits per heavy atom. The molecule has 1 fully saturated rings. The van der Waals surface area contributed by atoms with Crippen molar-refractivity contribution in [1.29, 1.82) is 0 Å². The average molecular weight is 601 g/mol. The van der Waals surface area contributed by atoms with E-state index in [0.29, 0.717) is 54.9 Å². The van der Waals surface area contributed by atoms with Gasteiger partial charge in [-0.3, -0.25) is 14.7 Å². The Bertz CT molecular complexity index is 1670. The number of H-pyrrole nitrogens is 1. The molecule has 3 N–H and O–H groups in total. The molecule has 0 saturated heterocycles. The van der Waals surface area contributed by atoms with E-state index in [9.17, 15) is 9.59 Å². The van der Waals surface area contributed by atoms with E-state index < -0.39 is 0 Å². The molecule has 40 heavy (non-hydrogen) atoms. The van der Waals surface area contributed by atoms with E-state index in [0.717, 1.165) is 27.1 Å². The van der Waals surface area contributed by atoms with Crippen LogP contribution in [0.4, 0.5) is 5.82 Å². The number of carbonyl (C=O) groups excluding carboxylic acids is 2. The van der Waals surface area contributed by atoms with Gasteiger partial charge in [-0.25, -0.2) is 4.68 Å². The number of nitrogens with zero attached hydrogens (tertiary/aromatic N) is 5. The molecule has 0 bridgehead atoms. The fraction of sp³-hybridized carbons (Fsp3) is 0.333. The van der Waals surface area contributed by atoms with E-state index in [1.165, 1.54) is 30.9 Å². The molecule has 1 aliphatic carbocycles. The summed E-state index contributed by atoms with van der Waals surface area (Å²) in [5.74, 6) is 0.667. The fourth-order valence-corrected chi connectivity index (χ4v) is 6.89. The maximum atomic E-state index is 14.2. The largest absolute Gasteiger partial charge is 0.382 e. The molecular weight excluding hydrogens is 570 g/mol. The summed E-state index contributed by atoms with van der Waals surface area (Å²) in [4.78, 5) is 30.6. The van der Waals surface area contributed by atoms with E-state index in [2.05, 4.69) is 61.7 Å². The highest BCUT2D eigenvalue weighted by molar-refractivity contribution is 9.10. The predicted octanol–water partition coefficient (Wildman–Crippen LogP) is 4.67. The van der Waals surface area contributed by atoms with Gasteiger partial charge in [0.25, 0.3) is 5.91 Å². The van der Waals surface area contributed by atoms with Crippen LogP contribution >= 0.6 is 15.9 Å². The number of aromatic nitrogens is 4. The second kappa shape index (κ2) is 9.62. The second-order valence-corrected chi connectivity index (χ2v) is 11.7. The maximum Gasteiger partial charge on any atom is 0.255 e. The van der Waals surface area contributed by atoms with Crippen LogP contribution in [0.15, 0.2) is 53.5 Å². The van der Waals surface area contributed by atoms with Gasteiger partial charge in [0, 0.05) is 42.5 Å². The quantitative estimate of drug-likeness (QED) is 0.331. The first kappa shape index (κ1) is 25.1. The van der Waals surface area contributed by atoms with Crippen molar-refractivity contribution in [3.63, 3.8) is 0 Å². The number of anilines is 1. The highest BCUT2D eigenvalue weighted by atomic mass is 79.9. The normalized spacial score (nSPS) is 18.8. The molecule has 204 valence electrons. The van der Waals surface area contributed by atoms with Gasteiger partial charge in [-0.15, -0.1) is 0 Å². The molecule has 1 atom stereocenters. The third-order valence-electron chi connectivity index (χ3n) is 8.80. The van der Waals surface area contributed by atoms with Gasteiger partial charge in [0.1, 0.15) is 0 Å². The lowest BCUT2D eigenvalue weighted by Crippen LogP contribution is -2.45. The average Bonchev–Trinajstić information content (AvgIpc) is 3.45. The zero-order valence-corrected chi connectivity index (χ0v) is 23.7. The number of fused-ring (bicyclic) bond motifs is 1. The van der Waals surface area contributed by atoms with Crippen molar-refractivity contribution in [2.75, 3.05) is 25.4 Å². The minimum atomic E-state index is -0.340. The van der Waals surface area contributed by atoms with Crippen molar-refractivity contribution in [3.05, 3.63) is 81.6 Å². The predicted molar refractivity (Wildman–Crippen MR) is 156 cm³/mol. The number of hydrogen-bond donors (Lipinski definition) is 2. The van der Waals surface area contributed by atoms with Crippen molar-refractivity contribution < 1.29 is 9.59 Å². The van der Waals surface area contributed by atoms with Crippen molar-refractivity contribution in [2.45, 2.75) is 44.1 Å². The lowest BCUT2D eigenvalue weighted by Gasteiger charge is -2.38. The SMILES string of the molecule is C=CC(=O)N1CCc2nn(-c3ccc(C4CCC4)cc3)c3c2[C@H](C1)N(C(=O)c1ccc(Br)c2[nH]nc(N)c12)CC3. The summed E-state index contributed by atoms with van der Waals surface area (Å²) in [6.45, 7) is 5.09. The summed E-state index contributed by atoms with van der Waals surface area (Å²) in [6, 6.07) is 12.1. The Hall–Kier alpha value is -3.92. The van der Waals surface area contributed by atoms with Crippen LogP contribution in [0.25, 0.3) is 16.6 Å². The van der Waals surface area contributed by atoms with Gasteiger partial charge >= 0.3 is 0 Å². The molecule has 7 rings (SSSR count). The Morgan fingerprint density at radius 3 is 2.62 bits per heavy atom. The van der Waals surface area contributed by atoms with Crippen LogP contribution in [-0.4, -0.2) is 61.2 Å². The van der Waals surface area contributed by atoms with Gasteiger partial charge < -0.3 is 15.5 Å². The van der Waals surface area contributed by atoms with E-state index >= 15 is 0 Å². The fourth-order valence-electron chi connectivity index (χ4n) is 6.47. The van der Waals surface area contributed by atoms with Crippen molar-refractivity contribution in [2.24, 2.45) is 0 Å². The van der Waals surface area contributed by atoms with E-state index in [1.807, 2.05) is 11.0 Å². The molecule has 0 spiro atoms. The van der Waals surface area contributed by atoms with Gasteiger partial charge in [0.15, 0.2) is 5.82 Å². The number of nitrogens with one attached hydrogen (secondary N) is 1. The standard InChI is InChI=1S/C30H30BrN7O2/c1-2-25(39)36-14-12-22-27-23(38(35-22)19-8-6-18(7-9-19)17-4-3-5-17)13-15-37(24(27)16-36)30(40)20-10-11-21(31)28-26(20)29(32)34-33-28/h2,6-11,17,24H,1,3-5,12-16H2,(H3,32,33,34)/t24-/m0/s1. The first-order valence-electron chi connectivity index (χ1n) is 13.8. The molecule has 0 unspecified atom stereocenters. The monoisotopic (exact) mass is 599 g/mol. The second-order valence-electron chi connectivity index (χ2n) is 10.9. The summed E-state index contributed by atoms with van der Waals surface area (Å²) in [6.07, 6.45) is 6.45. The molecule has 4 aromatic rings. The molecule has 10 heteroatoms. The lowest BCUT2D eigenvalue weighted by atomic mass is 9.80. The number of nitrogens with two attached hydrogens (primary N) is 1. The van der Waals surface area contributed by atoms with Crippen LogP contribution in [0.3, 0.4) is 0 Å². The molecule has 2 aromatic carbocycles. The van der Waals surface area contributed by atoms with E-state index in [-0.39, 0.29) is 23.7 Å². The number of halogens is 1. The third kappa shape index (κ3) is 3.88. The highest BCUT2D eigenvalue weighted by Crippen LogP contribution is 2.40. The molecule has 2 amide bonds. The van der Waals surface area contributed by atoms with Crippen molar-refractivity contribution in [1.82, 2.24) is 29.8 Å². The maximum absolute atomic E-state index is 14.2. The molecule has 9 nitrogen and oxygen atoms in total. The van der Waals surface area contributed by atoms with Crippen molar-refractivity contribution >= 4 is 44.5 Å². The molecule has 2 aliphatic heterocycles.